The van der Waals surface area contributed by atoms with Crippen molar-refractivity contribution in [1.29, 1.82) is 0 Å². The summed E-state index contributed by atoms with van der Waals surface area (Å²) in [4.78, 5) is 17.5. The number of hydrogen-bond acceptors (Lipinski definition) is 6. The lowest BCUT2D eigenvalue weighted by Crippen LogP contribution is -2.50. The van der Waals surface area contributed by atoms with Gasteiger partial charge in [0.15, 0.2) is 0 Å². The van der Waals surface area contributed by atoms with Crippen molar-refractivity contribution in [2.45, 2.75) is 45.4 Å². The van der Waals surface area contributed by atoms with Crippen LogP contribution in [0, 0.1) is 11.8 Å². The second-order valence-corrected chi connectivity index (χ2v) is 10.4. The van der Waals surface area contributed by atoms with Crippen LogP contribution in [0.1, 0.15) is 45.1 Å². The first-order valence-electron chi connectivity index (χ1n) is 12.2. The van der Waals surface area contributed by atoms with Gasteiger partial charge < -0.3 is 24.4 Å². The zero-order chi connectivity index (χ0) is 23.4. The van der Waals surface area contributed by atoms with E-state index in [1.54, 1.807) is 7.11 Å². The highest BCUT2D eigenvalue weighted by Gasteiger charge is 2.31. The minimum atomic E-state index is -0.0443. The summed E-state index contributed by atoms with van der Waals surface area (Å²) in [7, 11) is 1.71. The molecule has 0 radical (unpaired) electrons. The smallest absolute Gasteiger partial charge is 0.222 e. The first kappa shape index (κ1) is 23.6. The van der Waals surface area contributed by atoms with Crippen LogP contribution >= 0.6 is 0 Å². The largest absolute Gasteiger partial charge is 0.495 e. The van der Waals surface area contributed by atoms with Gasteiger partial charge in [0.1, 0.15) is 11.5 Å². The van der Waals surface area contributed by atoms with Gasteiger partial charge >= 0.3 is 0 Å². The monoisotopic (exact) mass is 454 g/mol. The molecule has 0 saturated carbocycles. The summed E-state index contributed by atoms with van der Waals surface area (Å²) in [5.74, 6) is 2.86. The van der Waals surface area contributed by atoms with E-state index in [2.05, 4.69) is 48.3 Å². The number of nitrogens with one attached hydrogen (secondary N) is 1. The number of hydrogen-bond donors (Lipinski definition) is 1. The van der Waals surface area contributed by atoms with Crippen molar-refractivity contribution in [2.24, 2.45) is 11.8 Å². The molecule has 1 N–H and O–H groups in total. The molecule has 1 amide bonds. The number of carbonyl (C=O) groups is 1. The number of benzene rings is 1. The molecule has 0 unspecified atom stereocenters. The Kier molecular flexibility index (Phi) is 7.27. The number of amides is 1. The molecule has 2 aromatic rings. The van der Waals surface area contributed by atoms with E-state index in [1.807, 2.05) is 23.1 Å². The molecule has 1 aromatic carbocycles. The van der Waals surface area contributed by atoms with Gasteiger partial charge in [0.25, 0.3) is 0 Å². The second-order valence-electron chi connectivity index (χ2n) is 10.4. The first-order valence-corrected chi connectivity index (χ1v) is 12.2. The van der Waals surface area contributed by atoms with Gasteiger partial charge in [-0.05, 0) is 49.9 Å². The maximum atomic E-state index is 13.2. The van der Waals surface area contributed by atoms with Crippen LogP contribution in [0.3, 0.4) is 0 Å². The number of nitrogens with zero attached hydrogens (tertiary/aromatic N) is 3. The highest BCUT2D eigenvalue weighted by atomic mass is 16.5. The van der Waals surface area contributed by atoms with Crippen molar-refractivity contribution in [2.75, 3.05) is 51.3 Å². The lowest BCUT2D eigenvalue weighted by Gasteiger charge is -2.38. The molecule has 4 rings (SSSR count). The minimum absolute atomic E-state index is 0.0443. The third-order valence-electron chi connectivity index (χ3n) is 7.03. The highest BCUT2D eigenvalue weighted by molar-refractivity contribution is 5.77. The number of anilines is 1. The molecule has 2 aliphatic heterocycles. The molecule has 2 atom stereocenters. The number of aromatic nitrogens is 1. The fourth-order valence-corrected chi connectivity index (χ4v) is 4.96. The molecule has 2 fully saturated rings. The van der Waals surface area contributed by atoms with E-state index in [0.717, 1.165) is 75.0 Å². The second kappa shape index (κ2) is 10.2. The average Bonchev–Trinajstić information content (AvgIpc) is 3.30. The number of ether oxygens (including phenoxy) is 1. The molecule has 0 spiro atoms. The summed E-state index contributed by atoms with van der Waals surface area (Å²) < 4.78 is 11.1. The zero-order valence-electron chi connectivity index (χ0n) is 20.5. The molecule has 180 valence electrons. The quantitative estimate of drug-likeness (QED) is 0.721. The Hall–Kier alpha value is -2.54. The van der Waals surface area contributed by atoms with Crippen LogP contribution in [0.15, 0.2) is 34.9 Å². The van der Waals surface area contributed by atoms with Crippen molar-refractivity contribution in [1.82, 2.24) is 15.4 Å². The Morgan fingerprint density at radius 1 is 1.18 bits per heavy atom. The predicted molar refractivity (Wildman–Crippen MR) is 130 cm³/mol. The Balaban J connectivity index is 1.33. The van der Waals surface area contributed by atoms with Gasteiger partial charge in [-0.2, -0.15) is 0 Å². The Morgan fingerprint density at radius 2 is 1.94 bits per heavy atom. The van der Waals surface area contributed by atoms with Crippen LogP contribution in [-0.2, 0) is 16.6 Å². The third-order valence-corrected chi connectivity index (χ3v) is 7.03. The van der Waals surface area contributed by atoms with Crippen LogP contribution in [0.2, 0.25) is 0 Å². The Bertz CT molecular complexity index is 928. The predicted octanol–water partition coefficient (Wildman–Crippen LogP) is 3.49. The molecule has 0 bridgehead atoms. The van der Waals surface area contributed by atoms with Crippen LogP contribution in [0.4, 0.5) is 5.69 Å². The van der Waals surface area contributed by atoms with E-state index in [4.69, 9.17) is 9.26 Å². The molecule has 2 aliphatic rings. The minimum Gasteiger partial charge on any atom is -0.495 e. The molecule has 0 aliphatic carbocycles. The molecule has 7 nitrogen and oxygen atoms in total. The van der Waals surface area contributed by atoms with Crippen molar-refractivity contribution in [3.63, 3.8) is 0 Å². The molecule has 2 saturated heterocycles. The van der Waals surface area contributed by atoms with E-state index in [1.165, 1.54) is 0 Å². The van der Waals surface area contributed by atoms with Gasteiger partial charge in [-0.15, -0.1) is 0 Å². The van der Waals surface area contributed by atoms with Gasteiger partial charge in [0.2, 0.25) is 5.91 Å². The molecule has 1 aromatic heterocycles. The fraction of sp³-hybridized carbons (Fsp3) is 0.615. The zero-order valence-corrected chi connectivity index (χ0v) is 20.5. The Morgan fingerprint density at radius 3 is 2.64 bits per heavy atom. The lowest BCUT2D eigenvalue weighted by molar-refractivity contribution is -0.133. The van der Waals surface area contributed by atoms with Gasteiger partial charge in [0, 0.05) is 44.1 Å². The fourth-order valence-electron chi connectivity index (χ4n) is 4.96. The maximum Gasteiger partial charge on any atom is 0.222 e. The molecule has 3 heterocycles. The van der Waals surface area contributed by atoms with Crippen molar-refractivity contribution >= 4 is 11.6 Å². The summed E-state index contributed by atoms with van der Waals surface area (Å²) in [5, 5.41) is 7.83. The van der Waals surface area contributed by atoms with Crippen molar-refractivity contribution < 1.29 is 14.1 Å². The van der Waals surface area contributed by atoms with Crippen LogP contribution in [0.5, 0.6) is 5.75 Å². The standard InChI is InChI=1S/C26H38N4O3/c1-26(2,3)24-17-21(28-33-24)15-20-18-27-10-9-19(20)16-25(31)30-13-11-29(12-14-30)22-7-5-6-8-23(22)32-4/h5-8,17,19-20,27H,9-16,18H2,1-4H3/t19-,20-/m0/s1. The van der Waals surface area contributed by atoms with Gasteiger partial charge in [-0.3, -0.25) is 4.79 Å². The van der Waals surface area contributed by atoms with Crippen LogP contribution < -0.4 is 15.0 Å². The van der Waals surface area contributed by atoms with Gasteiger partial charge in [-0.25, -0.2) is 0 Å². The van der Waals surface area contributed by atoms with Crippen LogP contribution in [0.25, 0.3) is 0 Å². The third kappa shape index (κ3) is 5.69. The molecule has 33 heavy (non-hydrogen) atoms. The van der Waals surface area contributed by atoms with E-state index < -0.39 is 0 Å². The summed E-state index contributed by atoms with van der Waals surface area (Å²) in [6.07, 6.45) is 2.50. The average molecular weight is 455 g/mol. The van der Waals surface area contributed by atoms with Gasteiger partial charge in [-0.1, -0.05) is 38.1 Å². The Labute approximate surface area is 197 Å². The summed E-state index contributed by atoms with van der Waals surface area (Å²) in [6, 6.07) is 10.2. The van der Waals surface area contributed by atoms with E-state index >= 15 is 0 Å². The van der Waals surface area contributed by atoms with E-state index in [-0.39, 0.29) is 11.3 Å². The summed E-state index contributed by atoms with van der Waals surface area (Å²) >= 11 is 0. The maximum absolute atomic E-state index is 13.2. The van der Waals surface area contributed by atoms with Crippen LogP contribution in [-0.4, -0.2) is 62.3 Å². The number of rotatable bonds is 6. The van der Waals surface area contributed by atoms with Crippen molar-refractivity contribution in [3.05, 3.63) is 41.8 Å². The first-order chi connectivity index (χ1) is 15.8. The number of piperazine rings is 1. The van der Waals surface area contributed by atoms with Gasteiger partial charge in [0.05, 0.1) is 18.5 Å². The lowest BCUT2D eigenvalue weighted by atomic mass is 9.80. The molecular formula is C26H38N4O3. The normalized spacial score (nSPS) is 21.8. The van der Waals surface area contributed by atoms with E-state index in [9.17, 15) is 4.79 Å². The summed E-state index contributed by atoms with van der Waals surface area (Å²) in [6.45, 7) is 11.5. The number of methoxy groups -OCH3 is 1. The number of para-hydroxylation sites is 2. The SMILES string of the molecule is COc1ccccc1N1CCN(C(=O)C[C@@H]2CCNC[C@@H]2Cc2cc(C(C)(C)C)on2)CC1. The number of carbonyl (C=O) groups excluding carboxylic acids is 1. The molecule has 7 heteroatoms. The van der Waals surface area contributed by atoms with Crippen molar-refractivity contribution in [3.8, 4) is 5.75 Å². The summed E-state index contributed by atoms with van der Waals surface area (Å²) in [5.41, 5.74) is 2.06. The highest BCUT2D eigenvalue weighted by Crippen LogP contribution is 2.31. The molecular weight excluding hydrogens is 416 g/mol. The number of piperidine rings is 1. The van der Waals surface area contributed by atoms with E-state index in [0.29, 0.717) is 18.3 Å². The topological polar surface area (TPSA) is 70.8 Å².